The number of carbonyl (C=O) groups is 4. The van der Waals surface area contributed by atoms with E-state index in [0.717, 1.165) is 12.1 Å². The molecule has 2 heterocycles. The normalized spacial score (nSPS) is 19.1. The SMILES string of the molecule is CCOC(=O)N1CCC(NC(=O)COC(=O)C2CC(=O)N(c3ccc(CC)cc3)C2)CC1. The van der Waals surface area contributed by atoms with Gasteiger partial charge in [0, 0.05) is 37.8 Å². The first-order valence-corrected chi connectivity index (χ1v) is 11.2. The molecule has 1 aromatic carbocycles. The largest absolute Gasteiger partial charge is 0.455 e. The van der Waals surface area contributed by atoms with Crippen molar-refractivity contribution in [3.8, 4) is 0 Å². The second-order valence-corrected chi connectivity index (χ2v) is 8.06. The topological polar surface area (TPSA) is 105 Å². The first kappa shape index (κ1) is 23.6. The molecule has 1 atom stereocenters. The Morgan fingerprint density at radius 3 is 2.38 bits per heavy atom. The lowest BCUT2D eigenvalue weighted by molar-refractivity contribution is -0.152. The molecule has 1 aromatic rings. The van der Waals surface area contributed by atoms with E-state index in [1.165, 1.54) is 5.56 Å². The number of nitrogens with zero attached hydrogens (tertiary/aromatic N) is 2. The summed E-state index contributed by atoms with van der Waals surface area (Å²) in [4.78, 5) is 51.9. The van der Waals surface area contributed by atoms with Gasteiger partial charge in [0.25, 0.3) is 5.91 Å². The van der Waals surface area contributed by atoms with Gasteiger partial charge in [0.1, 0.15) is 0 Å². The number of carbonyl (C=O) groups excluding carboxylic acids is 4. The molecule has 2 fully saturated rings. The Hall–Kier alpha value is -3.10. The summed E-state index contributed by atoms with van der Waals surface area (Å²) in [5.74, 6) is -1.65. The maximum Gasteiger partial charge on any atom is 0.409 e. The van der Waals surface area contributed by atoms with Gasteiger partial charge in [-0.25, -0.2) is 4.79 Å². The quantitative estimate of drug-likeness (QED) is 0.643. The van der Waals surface area contributed by atoms with Crippen molar-refractivity contribution in [2.45, 2.75) is 45.6 Å². The van der Waals surface area contributed by atoms with Gasteiger partial charge in [-0.1, -0.05) is 19.1 Å². The molecule has 9 nitrogen and oxygen atoms in total. The van der Waals surface area contributed by atoms with Crippen molar-refractivity contribution in [1.82, 2.24) is 10.2 Å². The molecule has 0 saturated carbocycles. The van der Waals surface area contributed by atoms with Crippen molar-refractivity contribution >= 4 is 29.6 Å². The lowest BCUT2D eigenvalue weighted by atomic mass is 10.1. The number of amides is 3. The standard InChI is InChI=1S/C23H31N3O6/c1-3-16-5-7-19(8-6-16)26-14-17(13-21(26)28)22(29)32-15-20(27)24-18-9-11-25(12-10-18)23(30)31-4-2/h5-8,17-18H,3-4,9-15H2,1-2H3,(H,24,27). The molecule has 2 aliphatic heterocycles. The van der Waals surface area contributed by atoms with E-state index in [0.29, 0.717) is 32.5 Å². The molecule has 9 heteroatoms. The van der Waals surface area contributed by atoms with Crippen LogP contribution in [0.2, 0.25) is 0 Å². The van der Waals surface area contributed by atoms with Crippen LogP contribution in [-0.4, -0.2) is 67.7 Å². The van der Waals surface area contributed by atoms with E-state index >= 15 is 0 Å². The number of benzene rings is 1. The van der Waals surface area contributed by atoms with Crippen LogP contribution in [0.25, 0.3) is 0 Å². The minimum absolute atomic E-state index is 0.0717. The van der Waals surface area contributed by atoms with E-state index in [1.54, 1.807) is 16.7 Å². The van der Waals surface area contributed by atoms with Crippen LogP contribution in [-0.2, 0) is 30.3 Å². The molecule has 3 rings (SSSR count). The Kier molecular flexibility index (Phi) is 8.08. The van der Waals surface area contributed by atoms with Gasteiger partial charge < -0.3 is 24.6 Å². The van der Waals surface area contributed by atoms with Gasteiger partial charge in [-0.3, -0.25) is 14.4 Å². The number of likely N-dealkylation sites (tertiary alicyclic amines) is 1. The van der Waals surface area contributed by atoms with Crippen LogP contribution in [0.1, 0.15) is 38.7 Å². The zero-order chi connectivity index (χ0) is 23.1. The number of ether oxygens (including phenoxy) is 2. The van der Waals surface area contributed by atoms with Gasteiger partial charge in [0.15, 0.2) is 6.61 Å². The van der Waals surface area contributed by atoms with Crippen molar-refractivity contribution in [2.75, 3.05) is 37.7 Å². The molecular formula is C23H31N3O6. The summed E-state index contributed by atoms with van der Waals surface area (Å²) in [5, 5.41) is 2.84. The number of nitrogens with one attached hydrogen (secondary N) is 1. The third-order valence-electron chi connectivity index (χ3n) is 5.85. The molecule has 0 aromatic heterocycles. The number of anilines is 1. The minimum Gasteiger partial charge on any atom is -0.455 e. The smallest absolute Gasteiger partial charge is 0.409 e. The van der Waals surface area contributed by atoms with E-state index in [4.69, 9.17) is 9.47 Å². The van der Waals surface area contributed by atoms with E-state index < -0.39 is 11.9 Å². The molecule has 2 aliphatic rings. The van der Waals surface area contributed by atoms with Gasteiger partial charge in [0.2, 0.25) is 5.91 Å². The van der Waals surface area contributed by atoms with Gasteiger partial charge in [0.05, 0.1) is 12.5 Å². The van der Waals surface area contributed by atoms with Crippen LogP contribution in [0.3, 0.4) is 0 Å². The molecule has 1 unspecified atom stereocenters. The highest BCUT2D eigenvalue weighted by molar-refractivity contribution is 5.99. The Morgan fingerprint density at radius 2 is 1.75 bits per heavy atom. The summed E-state index contributed by atoms with van der Waals surface area (Å²) in [5.41, 5.74) is 1.93. The summed E-state index contributed by atoms with van der Waals surface area (Å²) in [7, 11) is 0. The predicted octanol–water partition coefficient (Wildman–Crippen LogP) is 1.88. The zero-order valence-electron chi connectivity index (χ0n) is 18.7. The van der Waals surface area contributed by atoms with E-state index in [2.05, 4.69) is 12.2 Å². The number of esters is 1. The molecule has 0 aliphatic carbocycles. The second-order valence-electron chi connectivity index (χ2n) is 8.06. The second kappa shape index (κ2) is 11.0. The van der Waals surface area contributed by atoms with Crippen LogP contribution in [0.4, 0.5) is 10.5 Å². The minimum atomic E-state index is -0.589. The fraction of sp³-hybridized carbons (Fsp3) is 0.565. The lowest BCUT2D eigenvalue weighted by Gasteiger charge is -2.31. The van der Waals surface area contributed by atoms with Crippen LogP contribution < -0.4 is 10.2 Å². The van der Waals surface area contributed by atoms with Gasteiger partial charge >= 0.3 is 12.1 Å². The van der Waals surface area contributed by atoms with Crippen molar-refractivity contribution < 1.29 is 28.7 Å². The maximum atomic E-state index is 12.4. The molecule has 32 heavy (non-hydrogen) atoms. The summed E-state index contributed by atoms with van der Waals surface area (Å²) in [6.07, 6.45) is 1.87. The molecule has 1 N–H and O–H groups in total. The molecular weight excluding hydrogens is 414 g/mol. The van der Waals surface area contributed by atoms with Crippen LogP contribution >= 0.6 is 0 Å². The maximum absolute atomic E-state index is 12.4. The Balaban J connectivity index is 1.40. The fourth-order valence-corrected chi connectivity index (χ4v) is 3.97. The summed E-state index contributed by atoms with van der Waals surface area (Å²) >= 11 is 0. The Bertz CT molecular complexity index is 833. The molecule has 0 spiro atoms. The van der Waals surface area contributed by atoms with Gasteiger partial charge in [-0.15, -0.1) is 0 Å². The number of aryl methyl sites for hydroxylation is 1. The number of hydrogen-bond donors (Lipinski definition) is 1. The fourth-order valence-electron chi connectivity index (χ4n) is 3.97. The summed E-state index contributed by atoms with van der Waals surface area (Å²) in [6.45, 7) is 5.02. The number of piperidine rings is 1. The van der Waals surface area contributed by atoms with Gasteiger partial charge in [-0.05, 0) is 43.9 Å². The number of rotatable bonds is 7. The van der Waals surface area contributed by atoms with Crippen molar-refractivity contribution in [3.05, 3.63) is 29.8 Å². The zero-order valence-corrected chi connectivity index (χ0v) is 18.7. The molecule has 2 saturated heterocycles. The van der Waals surface area contributed by atoms with E-state index in [-0.39, 0.29) is 43.5 Å². The first-order valence-electron chi connectivity index (χ1n) is 11.2. The highest BCUT2D eigenvalue weighted by Gasteiger charge is 2.36. The van der Waals surface area contributed by atoms with E-state index in [1.807, 2.05) is 24.3 Å². The lowest BCUT2D eigenvalue weighted by Crippen LogP contribution is -2.47. The average molecular weight is 446 g/mol. The third kappa shape index (κ3) is 5.99. The Labute approximate surface area is 188 Å². The predicted molar refractivity (Wildman–Crippen MR) is 117 cm³/mol. The molecule has 0 bridgehead atoms. The van der Waals surface area contributed by atoms with Crippen LogP contribution in [0.15, 0.2) is 24.3 Å². The summed E-state index contributed by atoms with van der Waals surface area (Å²) < 4.78 is 10.2. The third-order valence-corrected chi connectivity index (χ3v) is 5.85. The van der Waals surface area contributed by atoms with Crippen molar-refractivity contribution in [1.29, 1.82) is 0 Å². The van der Waals surface area contributed by atoms with Crippen LogP contribution in [0.5, 0.6) is 0 Å². The average Bonchev–Trinajstić information content (AvgIpc) is 3.20. The molecule has 3 amide bonds. The first-order chi connectivity index (χ1) is 15.4. The molecule has 174 valence electrons. The summed E-state index contributed by atoms with van der Waals surface area (Å²) in [6, 6.07) is 7.61. The van der Waals surface area contributed by atoms with E-state index in [9.17, 15) is 19.2 Å². The Morgan fingerprint density at radius 1 is 1.06 bits per heavy atom. The number of hydrogen-bond acceptors (Lipinski definition) is 6. The highest BCUT2D eigenvalue weighted by atomic mass is 16.6. The monoisotopic (exact) mass is 445 g/mol. The van der Waals surface area contributed by atoms with Crippen molar-refractivity contribution in [3.63, 3.8) is 0 Å². The molecule has 0 radical (unpaired) electrons. The van der Waals surface area contributed by atoms with Crippen molar-refractivity contribution in [2.24, 2.45) is 5.92 Å². The highest BCUT2D eigenvalue weighted by Crippen LogP contribution is 2.26. The van der Waals surface area contributed by atoms with Gasteiger partial charge in [-0.2, -0.15) is 0 Å². The van der Waals surface area contributed by atoms with Crippen LogP contribution in [0, 0.1) is 5.92 Å².